The minimum absolute atomic E-state index is 0.174. The molecule has 122 valence electrons. The maximum Gasteiger partial charge on any atom is 0.291 e. The maximum absolute atomic E-state index is 12.2. The Morgan fingerprint density at radius 3 is 2.38 bits per heavy atom. The molecule has 2 heterocycles. The lowest BCUT2D eigenvalue weighted by Crippen LogP contribution is -2.12. The van der Waals surface area contributed by atoms with E-state index in [2.05, 4.69) is 10.6 Å². The average molecular weight is 340 g/mol. The molecule has 0 spiro atoms. The lowest BCUT2D eigenvalue weighted by atomic mass is 10.2. The van der Waals surface area contributed by atoms with Crippen LogP contribution in [0.15, 0.2) is 58.3 Å². The zero-order valence-electron chi connectivity index (χ0n) is 13.0. The molecule has 6 heteroatoms. The number of rotatable bonds is 5. The van der Waals surface area contributed by atoms with Crippen molar-refractivity contribution in [3.63, 3.8) is 0 Å². The summed E-state index contributed by atoms with van der Waals surface area (Å²) in [5.41, 5.74) is 1.19. The normalized spacial score (nSPS) is 10.4. The molecular weight excluding hydrogens is 324 g/mol. The van der Waals surface area contributed by atoms with Crippen molar-refractivity contribution in [1.29, 1.82) is 0 Å². The SMILES string of the molecule is CCc1ccc(C(=O)Nc2cccc(NC(=O)c3cccs3)c2)o1. The van der Waals surface area contributed by atoms with Gasteiger partial charge in [0.15, 0.2) is 5.76 Å². The van der Waals surface area contributed by atoms with E-state index in [-0.39, 0.29) is 17.6 Å². The molecule has 0 atom stereocenters. The van der Waals surface area contributed by atoms with E-state index < -0.39 is 0 Å². The third-order valence-corrected chi connectivity index (χ3v) is 4.23. The van der Waals surface area contributed by atoms with Gasteiger partial charge in [-0.25, -0.2) is 0 Å². The summed E-state index contributed by atoms with van der Waals surface area (Å²) < 4.78 is 5.43. The monoisotopic (exact) mass is 340 g/mol. The molecule has 0 aliphatic rings. The quantitative estimate of drug-likeness (QED) is 0.723. The van der Waals surface area contributed by atoms with Crippen molar-refractivity contribution in [3.05, 3.63) is 70.3 Å². The number of furan rings is 1. The summed E-state index contributed by atoms with van der Waals surface area (Å²) in [6.45, 7) is 1.96. The largest absolute Gasteiger partial charge is 0.456 e. The molecule has 0 aliphatic carbocycles. The molecule has 2 amide bonds. The Morgan fingerprint density at radius 1 is 1.00 bits per heavy atom. The molecule has 3 aromatic rings. The fourth-order valence-corrected chi connectivity index (χ4v) is 2.78. The van der Waals surface area contributed by atoms with Gasteiger partial charge in [-0.1, -0.05) is 19.1 Å². The Hall–Kier alpha value is -2.86. The highest BCUT2D eigenvalue weighted by molar-refractivity contribution is 7.12. The zero-order valence-corrected chi connectivity index (χ0v) is 13.9. The van der Waals surface area contributed by atoms with Crippen molar-refractivity contribution in [1.82, 2.24) is 0 Å². The smallest absolute Gasteiger partial charge is 0.291 e. The molecule has 0 bridgehead atoms. The third kappa shape index (κ3) is 3.72. The van der Waals surface area contributed by atoms with Crippen molar-refractivity contribution in [2.24, 2.45) is 0 Å². The second-order valence-corrected chi connectivity index (χ2v) is 6.03. The van der Waals surface area contributed by atoms with Crippen LogP contribution in [0.3, 0.4) is 0 Å². The van der Waals surface area contributed by atoms with E-state index in [1.54, 1.807) is 42.5 Å². The van der Waals surface area contributed by atoms with Gasteiger partial charge in [0, 0.05) is 17.8 Å². The topological polar surface area (TPSA) is 71.3 Å². The number of benzene rings is 1. The van der Waals surface area contributed by atoms with Crippen molar-refractivity contribution >= 4 is 34.5 Å². The number of thiophene rings is 1. The second kappa shape index (κ2) is 7.14. The minimum Gasteiger partial charge on any atom is -0.456 e. The summed E-state index contributed by atoms with van der Waals surface area (Å²) in [7, 11) is 0. The van der Waals surface area contributed by atoms with Gasteiger partial charge in [-0.05, 0) is 41.8 Å². The predicted molar refractivity (Wildman–Crippen MR) is 94.8 cm³/mol. The summed E-state index contributed by atoms with van der Waals surface area (Å²) in [5.74, 6) is 0.528. The van der Waals surface area contributed by atoms with Crippen LogP contribution in [0, 0.1) is 0 Å². The molecule has 0 radical (unpaired) electrons. The van der Waals surface area contributed by atoms with Gasteiger partial charge < -0.3 is 15.1 Å². The summed E-state index contributed by atoms with van der Waals surface area (Å²) in [5, 5.41) is 7.42. The number of nitrogens with one attached hydrogen (secondary N) is 2. The highest BCUT2D eigenvalue weighted by Gasteiger charge is 2.12. The van der Waals surface area contributed by atoms with Crippen LogP contribution in [0.4, 0.5) is 11.4 Å². The highest BCUT2D eigenvalue weighted by atomic mass is 32.1. The van der Waals surface area contributed by atoms with Gasteiger partial charge in [0.25, 0.3) is 11.8 Å². The van der Waals surface area contributed by atoms with Crippen molar-refractivity contribution in [2.45, 2.75) is 13.3 Å². The van der Waals surface area contributed by atoms with Crippen LogP contribution in [0.2, 0.25) is 0 Å². The molecule has 1 aromatic carbocycles. The molecule has 0 fully saturated rings. The van der Waals surface area contributed by atoms with Gasteiger partial charge in [-0.2, -0.15) is 0 Å². The fourth-order valence-electron chi connectivity index (χ4n) is 2.16. The molecule has 2 aromatic heterocycles. The van der Waals surface area contributed by atoms with Crippen LogP contribution in [0.25, 0.3) is 0 Å². The van der Waals surface area contributed by atoms with Crippen LogP contribution >= 0.6 is 11.3 Å². The summed E-state index contributed by atoms with van der Waals surface area (Å²) in [4.78, 5) is 24.9. The summed E-state index contributed by atoms with van der Waals surface area (Å²) in [6.07, 6.45) is 0.734. The zero-order chi connectivity index (χ0) is 16.9. The first-order valence-electron chi connectivity index (χ1n) is 7.50. The van der Waals surface area contributed by atoms with Crippen molar-refractivity contribution < 1.29 is 14.0 Å². The molecule has 0 aliphatic heterocycles. The van der Waals surface area contributed by atoms with Gasteiger partial charge in [0.05, 0.1) is 4.88 Å². The van der Waals surface area contributed by atoms with Crippen LogP contribution in [0.5, 0.6) is 0 Å². The Bertz CT molecular complexity index is 853. The van der Waals surface area contributed by atoms with E-state index in [0.29, 0.717) is 16.3 Å². The average Bonchev–Trinajstić information content (AvgIpc) is 3.27. The molecule has 5 nitrogen and oxygen atoms in total. The summed E-state index contributed by atoms with van der Waals surface area (Å²) in [6, 6.07) is 14.0. The maximum atomic E-state index is 12.2. The van der Waals surface area contributed by atoms with Gasteiger partial charge in [0.2, 0.25) is 0 Å². The standard InChI is InChI=1S/C18H16N2O3S/c1-2-14-8-9-15(23-14)17(21)19-12-5-3-6-13(11-12)20-18(22)16-7-4-10-24-16/h3-11H,2H2,1H3,(H,19,21)(H,20,22). The molecule has 0 unspecified atom stereocenters. The first-order valence-corrected chi connectivity index (χ1v) is 8.38. The van der Waals surface area contributed by atoms with Crippen molar-refractivity contribution in [2.75, 3.05) is 10.6 Å². The van der Waals surface area contributed by atoms with Crippen LogP contribution in [0.1, 0.15) is 32.9 Å². The van der Waals surface area contributed by atoms with Crippen LogP contribution in [-0.4, -0.2) is 11.8 Å². The molecule has 0 saturated heterocycles. The second-order valence-electron chi connectivity index (χ2n) is 5.09. The van der Waals surface area contributed by atoms with E-state index in [4.69, 9.17) is 4.42 Å². The number of aryl methyl sites for hydroxylation is 1. The van der Waals surface area contributed by atoms with E-state index in [0.717, 1.165) is 12.2 Å². The Kier molecular flexibility index (Phi) is 4.77. The number of hydrogen-bond donors (Lipinski definition) is 2. The number of carbonyl (C=O) groups is 2. The number of hydrogen-bond acceptors (Lipinski definition) is 4. The van der Waals surface area contributed by atoms with E-state index in [1.807, 2.05) is 18.4 Å². The Balaban J connectivity index is 1.68. The molecule has 0 saturated carbocycles. The Morgan fingerprint density at radius 2 is 1.75 bits per heavy atom. The molecule has 2 N–H and O–H groups in total. The van der Waals surface area contributed by atoms with Crippen LogP contribution < -0.4 is 10.6 Å². The Labute approximate surface area is 143 Å². The lowest BCUT2D eigenvalue weighted by Gasteiger charge is -2.07. The number of amides is 2. The predicted octanol–water partition coefficient (Wildman–Crippen LogP) is 4.41. The molecule has 24 heavy (non-hydrogen) atoms. The first-order chi connectivity index (χ1) is 11.7. The van der Waals surface area contributed by atoms with Crippen LogP contribution in [-0.2, 0) is 6.42 Å². The third-order valence-electron chi connectivity index (χ3n) is 3.36. The highest BCUT2D eigenvalue weighted by Crippen LogP contribution is 2.19. The summed E-state index contributed by atoms with van der Waals surface area (Å²) >= 11 is 1.37. The number of anilines is 2. The van der Waals surface area contributed by atoms with E-state index in [9.17, 15) is 9.59 Å². The van der Waals surface area contributed by atoms with Gasteiger partial charge in [-0.15, -0.1) is 11.3 Å². The van der Waals surface area contributed by atoms with Gasteiger partial charge >= 0.3 is 0 Å². The molecule has 3 rings (SSSR count). The van der Waals surface area contributed by atoms with E-state index >= 15 is 0 Å². The van der Waals surface area contributed by atoms with E-state index in [1.165, 1.54) is 11.3 Å². The van der Waals surface area contributed by atoms with Gasteiger partial charge in [-0.3, -0.25) is 9.59 Å². The first kappa shape index (κ1) is 16.0. The molecular formula is C18H16N2O3S. The fraction of sp³-hybridized carbons (Fsp3) is 0.111. The lowest BCUT2D eigenvalue weighted by molar-refractivity contribution is 0.0993. The van der Waals surface area contributed by atoms with Crippen molar-refractivity contribution in [3.8, 4) is 0 Å². The minimum atomic E-state index is -0.323. The number of carbonyl (C=O) groups excluding carboxylic acids is 2. The van der Waals surface area contributed by atoms with Gasteiger partial charge in [0.1, 0.15) is 5.76 Å².